The number of carbonyl (C=O) groups is 1. The van der Waals surface area contributed by atoms with E-state index >= 15 is 0 Å². The van der Waals surface area contributed by atoms with E-state index in [1.165, 1.54) is 0 Å². The average molecular weight is 481 g/mol. The molecule has 0 aromatic carbocycles. The first-order valence-electron chi connectivity index (χ1n) is 12.1. The molecule has 2 aliphatic rings. The van der Waals surface area contributed by atoms with E-state index in [1.807, 2.05) is 56.3 Å². The second-order valence-electron chi connectivity index (χ2n) is 9.60. The fourth-order valence-corrected chi connectivity index (χ4v) is 5.37. The molecule has 9 heteroatoms. The molecule has 6 rings (SSSR count). The maximum atomic E-state index is 13.7. The topological polar surface area (TPSA) is 92.1 Å². The van der Waals surface area contributed by atoms with Gasteiger partial charge in [0.15, 0.2) is 5.82 Å². The molecule has 0 spiro atoms. The standard InChI is InChI=1S/C27H28N8O/c1-16-11-23(20-6-8-28-17(2)12-20)30-26-25(16)34-10-7-21(14-34)35(26)27(36)31-24-13-19(5-9-29-24)22-15-33(4)32-18(22)3/h5-6,8-9,11-13,15,21H,7,10,14H2,1-4H3,(H,29,31,36)/t21-/m0/s1. The molecule has 4 aromatic rings. The number of urea groups is 1. The van der Waals surface area contributed by atoms with Gasteiger partial charge in [-0.2, -0.15) is 5.10 Å². The zero-order valence-electron chi connectivity index (χ0n) is 20.9. The lowest BCUT2D eigenvalue weighted by atomic mass is 10.1. The molecule has 36 heavy (non-hydrogen) atoms. The smallest absolute Gasteiger partial charge is 0.329 e. The fraction of sp³-hybridized carbons (Fsp3) is 0.296. The van der Waals surface area contributed by atoms with Crippen LogP contribution in [0.25, 0.3) is 22.4 Å². The molecule has 182 valence electrons. The Morgan fingerprint density at radius 3 is 2.64 bits per heavy atom. The van der Waals surface area contributed by atoms with Crippen LogP contribution in [-0.4, -0.2) is 49.9 Å². The van der Waals surface area contributed by atoms with Gasteiger partial charge < -0.3 is 4.90 Å². The summed E-state index contributed by atoms with van der Waals surface area (Å²) in [6, 6.07) is 9.74. The number of nitrogens with one attached hydrogen (secondary N) is 1. The maximum absolute atomic E-state index is 13.7. The predicted molar refractivity (Wildman–Crippen MR) is 140 cm³/mol. The van der Waals surface area contributed by atoms with E-state index in [9.17, 15) is 4.79 Å². The van der Waals surface area contributed by atoms with Gasteiger partial charge in [0, 0.05) is 55.5 Å². The van der Waals surface area contributed by atoms with Crippen LogP contribution in [0.3, 0.4) is 0 Å². The summed E-state index contributed by atoms with van der Waals surface area (Å²) in [6.45, 7) is 7.74. The number of aromatic nitrogens is 5. The van der Waals surface area contributed by atoms with Gasteiger partial charge in [0.2, 0.25) is 0 Å². The third kappa shape index (κ3) is 3.77. The van der Waals surface area contributed by atoms with Crippen LogP contribution >= 0.6 is 0 Å². The Balaban J connectivity index is 1.36. The molecule has 0 aliphatic carbocycles. The molecule has 2 aliphatic heterocycles. The molecule has 1 atom stereocenters. The summed E-state index contributed by atoms with van der Waals surface area (Å²) in [5.74, 6) is 1.20. The van der Waals surface area contributed by atoms with Crippen LogP contribution in [0, 0.1) is 20.8 Å². The second-order valence-corrected chi connectivity index (χ2v) is 9.60. The highest BCUT2D eigenvalue weighted by atomic mass is 16.2. The molecule has 0 unspecified atom stereocenters. The fourth-order valence-electron chi connectivity index (χ4n) is 5.37. The highest BCUT2D eigenvalue weighted by Gasteiger charge is 2.41. The van der Waals surface area contributed by atoms with E-state index in [2.05, 4.69) is 38.3 Å². The lowest BCUT2D eigenvalue weighted by Gasteiger charge is -2.36. The Labute approximate surface area is 209 Å². The number of pyridine rings is 3. The van der Waals surface area contributed by atoms with E-state index in [0.29, 0.717) is 11.6 Å². The molecular weight excluding hydrogens is 452 g/mol. The van der Waals surface area contributed by atoms with E-state index in [4.69, 9.17) is 4.98 Å². The molecular formula is C27H28N8O. The minimum atomic E-state index is -0.217. The van der Waals surface area contributed by atoms with Gasteiger partial charge in [0.05, 0.1) is 23.1 Å². The first-order valence-corrected chi connectivity index (χ1v) is 12.1. The molecule has 1 fully saturated rings. The molecule has 4 aromatic heterocycles. The third-order valence-electron chi connectivity index (χ3n) is 6.97. The summed E-state index contributed by atoms with van der Waals surface area (Å²) in [5, 5.41) is 7.47. The highest BCUT2D eigenvalue weighted by Crippen LogP contribution is 2.42. The van der Waals surface area contributed by atoms with Gasteiger partial charge in [-0.25, -0.2) is 14.8 Å². The van der Waals surface area contributed by atoms with E-state index in [0.717, 1.165) is 64.5 Å². The number of hydrogen-bond donors (Lipinski definition) is 1. The minimum Gasteiger partial charge on any atom is -0.366 e. The van der Waals surface area contributed by atoms with Crippen LogP contribution in [0.4, 0.5) is 22.1 Å². The van der Waals surface area contributed by atoms with Crippen molar-refractivity contribution in [2.24, 2.45) is 7.05 Å². The Kier molecular flexibility index (Phi) is 5.21. The maximum Gasteiger partial charge on any atom is 0.329 e. The summed E-state index contributed by atoms with van der Waals surface area (Å²) in [7, 11) is 1.90. The van der Waals surface area contributed by atoms with Gasteiger partial charge in [-0.1, -0.05) is 0 Å². The Hall–Kier alpha value is -4.27. The average Bonchev–Trinajstić information content (AvgIpc) is 3.41. The van der Waals surface area contributed by atoms with Crippen molar-refractivity contribution in [1.29, 1.82) is 0 Å². The Morgan fingerprint density at radius 1 is 1.06 bits per heavy atom. The summed E-state index contributed by atoms with van der Waals surface area (Å²) in [6.07, 6.45) is 6.38. The third-order valence-corrected chi connectivity index (χ3v) is 6.97. The first kappa shape index (κ1) is 22.2. The number of carbonyl (C=O) groups excluding carboxylic acids is 1. The van der Waals surface area contributed by atoms with Gasteiger partial charge in [-0.15, -0.1) is 0 Å². The van der Waals surface area contributed by atoms with Gasteiger partial charge >= 0.3 is 6.03 Å². The van der Waals surface area contributed by atoms with E-state index in [-0.39, 0.29) is 12.1 Å². The monoisotopic (exact) mass is 480 g/mol. The van der Waals surface area contributed by atoms with Crippen molar-refractivity contribution in [3.63, 3.8) is 0 Å². The van der Waals surface area contributed by atoms with Crippen molar-refractivity contribution < 1.29 is 4.79 Å². The number of anilines is 3. The van der Waals surface area contributed by atoms with Crippen molar-refractivity contribution in [2.45, 2.75) is 33.2 Å². The van der Waals surface area contributed by atoms with Crippen LogP contribution in [0.2, 0.25) is 0 Å². The predicted octanol–water partition coefficient (Wildman–Crippen LogP) is 4.50. The molecule has 0 radical (unpaired) electrons. The summed E-state index contributed by atoms with van der Waals surface area (Å²) in [4.78, 5) is 31.7. The zero-order valence-corrected chi connectivity index (χ0v) is 20.9. The zero-order chi connectivity index (χ0) is 25.0. The molecule has 1 saturated heterocycles. The van der Waals surface area contributed by atoms with Crippen LogP contribution in [0.15, 0.2) is 48.9 Å². The first-order chi connectivity index (χ1) is 17.4. The van der Waals surface area contributed by atoms with Crippen molar-refractivity contribution in [1.82, 2.24) is 24.7 Å². The van der Waals surface area contributed by atoms with Crippen molar-refractivity contribution in [3.05, 3.63) is 65.9 Å². The van der Waals surface area contributed by atoms with Gasteiger partial charge in [-0.3, -0.25) is 19.9 Å². The van der Waals surface area contributed by atoms with Crippen LogP contribution < -0.4 is 15.1 Å². The number of aryl methyl sites for hydroxylation is 4. The quantitative estimate of drug-likeness (QED) is 0.464. The second kappa shape index (κ2) is 8.44. The Bertz CT molecular complexity index is 1490. The number of amides is 2. The minimum absolute atomic E-state index is 0.0579. The molecule has 9 nitrogen and oxygen atoms in total. The van der Waals surface area contributed by atoms with Crippen molar-refractivity contribution >= 4 is 23.4 Å². The number of nitrogens with zero attached hydrogens (tertiary/aromatic N) is 7. The summed E-state index contributed by atoms with van der Waals surface area (Å²) in [5.41, 5.74) is 7.79. The molecule has 0 saturated carbocycles. The lowest BCUT2D eigenvalue weighted by molar-refractivity contribution is 0.254. The number of fused-ring (bicyclic) bond motifs is 4. The lowest BCUT2D eigenvalue weighted by Crippen LogP contribution is -2.48. The van der Waals surface area contributed by atoms with Crippen molar-refractivity contribution in [2.75, 3.05) is 28.2 Å². The van der Waals surface area contributed by atoms with Crippen molar-refractivity contribution in [3.8, 4) is 22.4 Å². The summed E-state index contributed by atoms with van der Waals surface area (Å²) >= 11 is 0. The van der Waals surface area contributed by atoms with Crippen LogP contribution in [0.1, 0.15) is 23.4 Å². The molecule has 2 bridgehead atoms. The molecule has 2 amide bonds. The van der Waals surface area contributed by atoms with E-state index in [1.54, 1.807) is 17.1 Å². The van der Waals surface area contributed by atoms with Gasteiger partial charge in [0.25, 0.3) is 0 Å². The SMILES string of the molecule is Cc1cc(-c2cc(C)c3c(n2)N(C(=O)Nc2cc(-c4cn(C)nc4C)ccn2)[C@H]2CCN3C2)ccn1. The highest BCUT2D eigenvalue weighted by molar-refractivity contribution is 6.05. The normalized spacial score (nSPS) is 16.3. The number of rotatable bonds is 3. The van der Waals surface area contributed by atoms with Crippen LogP contribution in [0.5, 0.6) is 0 Å². The van der Waals surface area contributed by atoms with Gasteiger partial charge in [-0.05, 0) is 68.7 Å². The molecule has 1 N–H and O–H groups in total. The van der Waals surface area contributed by atoms with Crippen LogP contribution in [-0.2, 0) is 7.05 Å². The number of hydrogen-bond acceptors (Lipinski definition) is 6. The molecule has 6 heterocycles. The Morgan fingerprint density at radius 2 is 1.86 bits per heavy atom. The van der Waals surface area contributed by atoms with E-state index < -0.39 is 0 Å². The summed E-state index contributed by atoms with van der Waals surface area (Å²) < 4.78 is 1.79. The van der Waals surface area contributed by atoms with Gasteiger partial charge in [0.1, 0.15) is 5.82 Å². The largest absolute Gasteiger partial charge is 0.366 e.